The number of aldehydes is 1. The van der Waals surface area contributed by atoms with Gasteiger partial charge in [-0.25, -0.2) is 4.39 Å². The van der Waals surface area contributed by atoms with Crippen LogP contribution in [0.1, 0.15) is 17.5 Å². The molecule has 0 aliphatic carbocycles. The molecule has 0 bridgehead atoms. The highest BCUT2D eigenvalue weighted by Gasteiger charge is 2.11. The number of carbonyl (C=O) groups excluding carboxylic acids is 1. The minimum absolute atomic E-state index is 0.259. The molecule has 2 rings (SSSR count). The molecule has 88 valence electrons. The number of hydrogen-bond acceptors (Lipinski definition) is 3. The highest BCUT2D eigenvalue weighted by atomic mass is 19.1. The van der Waals surface area contributed by atoms with E-state index in [2.05, 4.69) is 0 Å². The van der Waals surface area contributed by atoms with Crippen LogP contribution in [-0.4, -0.2) is 12.8 Å². The van der Waals surface area contributed by atoms with Gasteiger partial charge in [-0.15, -0.1) is 0 Å². The van der Waals surface area contributed by atoms with E-state index in [1.165, 1.54) is 12.1 Å². The fourth-order valence-corrected chi connectivity index (χ4v) is 1.66. The zero-order chi connectivity index (χ0) is 12.3. The summed E-state index contributed by atoms with van der Waals surface area (Å²) in [5, 5.41) is 0. The second-order valence-electron chi connectivity index (χ2n) is 3.52. The van der Waals surface area contributed by atoms with Crippen LogP contribution >= 0.6 is 0 Å². The van der Waals surface area contributed by atoms with Gasteiger partial charge in [0.05, 0.1) is 0 Å². The Bertz CT molecular complexity index is 522. The maximum Gasteiger partial charge on any atom is 0.200 e. The van der Waals surface area contributed by atoms with Crippen molar-refractivity contribution in [1.82, 2.24) is 0 Å². The van der Waals surface area contributed by atoms with Crippen LogP contribution in [-0.2, 0) is 0 Å². The Balaban J connectivity index is 2.36. The van der Waals surface area contributed by atoms with Crippen molar-refractivity contribution >= 4 is 17.9 Å². The Morgan fingerprint density at radius 2 is 2.18 bits per heavy atom. The SMILES string of the molecule is CCN(c1cccc(F)c1)c1ccc(C=O)o1. The summed E-state index contributed by atoms with van der Waals surface area (Å²) in [6, 6.07) is 9.51. The third-order valence-electron chi connectivity index (χ3n) is 2.43. The quantitative estimate of drug-likeness (QED) is 0.759. The first-order valence-electron chi connectivity index (χ1n) is 5.32. The largest absolute Gasteiger partial charge is 0.437 e. The molecule has 0 unspecified atom stereocenters. The van der Waals surface area contributed by atoms with Crippen molar-refractivity contribution in [3.05, 3.63) is 48.0 Å². The maximum atomic E-state index is 13.1. The summed E-state index contributed by atoms with van der Waals surface area (Å²) in [5.74, 6) is 0.484. The number of carbonyl (C=O) groups is 1. The predicted molar refractivity (Wildman–Crippen MR) is 63.2 cm³/mol. The van der Waals surface area contributed by atoms with Gasteiger partial charge < -0.3 is 9.32 Å². The first-order chi connectivity index (χ1) is 8.24. The number of halogens is 1. The number of hydrogen-bond donors (Lipinski definition) is 0. The monoisotopic (exact) mass is 233 g/mol. The van der Waals surface area contributed by atoms with Crippen molar-refractivity contribution in [2.75, 3.05) is 11.4 Å². The van der Waals surface area contributed by atoms with Crippen molar-refractivity contribution in [3.8, 4) is 0 Å². The minimum atomic E-state index is -0.303. The topological polar surface area (TPSA) is 33.5 Å². The Hall–Kier alpha value is -2.10. The van der Waals surface area contributed by atoms with Crippen molar-refractivity contribution in [2.45, 2.75) is 6.92 Å². The molecular weight excluding hydrogens is 221 g/mol. The molecule has 1 aromatic carbocycles. The van der Waals surface area contributed by atoms with Gasteiger partial charge in [0.25, 0.3) is 0 Å². The van der Waals surface area contributed by atoms with Crippen LogP contribution in [0.3, 0.4) is 0 Å². The van der Waals surface area contributed by atoms with E-state index in [9.17, 15) is 9.18 Å². The van der Waals surface area contributed by atoms with Crippen molar-refractivity contribution in [3.63, 3.8) is 0 Å². The molecule has 0 saturated carbocycles. The lowest BCUT2D eigenvalue weighted by Crippen LogP contribution is -2.15. The summed E-state index contributed by atoms with van der Waals surface area (Å²) in [4.78, 5) is 12.3. The maximum absolute atomic E-state index is 13.1. The van der Waals surface area contributed by atoms with E-state index in [-0.39, 0.29) is 11.6 Å². The highest BCUT2D eigenvalue weighted by Crippen LogP contribution is 2.26. The van der Waals surface area contributed by atoms with Gasteiger partial charge in [-0.1, -0.05) is 6.07 Å². The first kappa shape index (κ1) is 11.4. The summed E-state index contributed by atoms with van der Waals surface area (Å²) < 4.78 is 18.5. The zero-order valence-electron chi connectivity index (χ0n) is 9.39. The normalized spacial score (nSPS) is 10.2. The highest BCUT2D eigenvalue weighted by molar-refractivity contribution is 5.72. The molecule has 17 heavy (non-hydrogen) atoms. The van der Waals surface area contributed by atoms with E-state index < -0.39 is 0 Å². The average Bonchev–Trinajstić information content (AvgIpc) is 2.79. The van der Waals surface area contributed by atoms with Gasteiger partial charge in [-0.2, -0.15) is 0 Å². The lowest BCUT2D eigenvalue weighted by Gasteiger charge is -2.19. The Labute approximate surface area is 98.5 Å². The molecule has 0 radical (unpaired) electrons. The van der Waals surface area contributed by atoms with Gasteiger partial charge in [0.15, 0.2) is 12.0 Å². The fraction of sp³-hybridized carbons (Fsp3) is 0.154. The molecule has 1 aromatic heterocycles. The minimum Gasteiger partial charge on any atom is -0.437 e. The fourth-order valence-electron chi connectivity index (χ4n) is 1.66. The molecule has 0 spiro atoms. The Kier molecular flexibility index (Phi) is 3.23. The summed E-state index contributed by atoms with van der Waals surface area (Å²) in [5.41, 5.74) is 0.694. The molecule has 0 atom stereocenters. The third kappa shape index (κ3) is 2.36. The standard InChI is InChI=1S/C13H12FNO2/c1-2-15(11-5-3-4-10(14)8-11)13-7-6-12(9-16)17-13/h3-9H,2H2,1H3. The van der Waals surface area contributed by atoms with E-state index >= 15 is 0 Å². The Morgan fingerprint density at radius 1 is 1.35 bits per heavy atom. The molecule has 2 aromatic rings. The van der Waals surface area contributed by atoms with Crippen LogP contribution < -0.4 is 4.90 Å². The van der Waals surface area contributed by atoms with E-state index in [4.69, 9.17) is 4.42 Å². The Morgan fingerprint density at radius 3 is 2.76 bits per heavy atom. The summed E-state index contributed by atoms with van der Waals surface area (Å²) in [6.45, 7) is 2.54. The summed E-state index contributed by atoms with van der Waals surface area (Å²) in [6.07, 6.45) is 0.642. The lowest BCUT2D eigenvalue weighted by atomic mass is 10.3. The molecule has 3 nitrogen and oxygen atoms in total. The first-order valence-corrected chi connectivity index (χ1v) is 5.32. The lowest BCUT2D eigenvalue weighted by molar-refractivity contribution is 0.110. The zero-order valence-corrected chi connectivity index (χ0v) is 9.39. The van der Waals surface area contributed by atoms with Gasteiger partial charge >= 0.3 is 0 Å². The van der Waals surface area contributed by atoms with Gasteiger partial charge in [0, 0.05) is 18.3 Å². The van der Waals surface area contributed by atoms with Gasteiger partial charge in [0.2, 0.25) is 5.88 Å². The summed E-state index contributed by atoms with van der Waals surface area (Å²) >= 11 is 0. The number of benzene rings is 1. The smallest absolute Gasteiger partial charge is 0.200 e. The molecule has 0 saturated heterocycles. The third-order valence-corrected chi connectivity index (χ3v) is 2.43. The van der Waals surface area contributed by atoms with Crippen LogP contribution in [0.15, 0.2) is 40.8 Å². The van der Waals surface area contributed by atoms with Crippen LogP contribution in [0.2, 0.25) is 0 Å². The van der Waals surface area contributed by atoms with E-state index in [1.54, 1.807) is 29.2 Å². The molecule has 0 aliphatic rings. The number of rotatable bonds is 4. The molecule has 0 aliphatic heterocycles. The second-order valence-corrected chi connectivity index (χ2v) is 3.52. The van der Waals surface area contributed by atoms with Gasteiger partial charge in [-0.3, -0.25) is 4.79 Å². The van der Waals surface area contributed by atoms with Crippen molar-refractivity contribution in [1.29, 1.82) is 0 Å². The van der Waals surface area contributed by atoms with Crippen LogP contribution in [0.4, 0.5) is 16.0 Å². The predicted octanol–water partition coefficient (Wildman–Crippen LogP) is 3.39. The van der Waals surface area contributed by atoms with E-state index in [0.717, 1.165) is 0 Å². The molecule has 4 heteroatoms. The summed E-state index contributed by atoms with van der Waals surface area (Å²) in [7, 11) is 0. The van der Waals surface area contributed by atoms with Gasteiger partial charge in [-0.05, 0) is 31.2 Å². The molecule has 0 N–H and O–H groups in total. The van der Waals surface area contributed by atoms with Crippen LogP contribution in [0.25, 0.3) is 0 Å². The van der Waals surface area contributed by atoms with Crippen LogP contribution in [0, 0.1) is 5.82 Å². The van der Waals surface area contributed by atoms with Crippen molar-refractivity contribution in [2.24, 2.45) is 0 Å². The number of anilines is 2. The molecule has 0 amide bonds. The van der Waals surface area contributed by atoms with Crippen LogP contribution in [0.5, 0.6) is 0 Å². The number of furan rings is 1. The number of nitrogens with zero attached hydrogens (tertiary/aromatic N) is 1. The average molecular weight is 233 g/mol. The van der Waals surface area contributed by atoms with E-state index in [1.807, 2.05) is 6.92 Å². The van der Waals surface area contributed by atoms with Crippen molar-refractivity contribution < 1.29 is 13.6 Å². The van der Waals surface area contributed by atoms with E-state index in [0.29, 0.717) is 24.4 Å². The molecule has 0 fully saturated rings. The second kappa shape index (κ2) is 4.82. The molecule has 1 heterocycles. The molecular formula is C13H12FNO2. The van der Waals surface area contributed by atoms with Gasteiger partial charge in [0.1, 0.15) is 5.82 Å².